The van der Waals surface area contributed by atoms with Crippen LogP contribution < -0.4 is 15.9 Å². The van der Waals surface area contributed by atoms with E-state index in [0.29, 0.717) is 21.7 Å². The first-order valence-corrected chi connectivity index (χ1v) is 12.9. The number of aromatic nitrogens is 2. The van der Waals surface area contributed by atoms with Gasteiger partial charge in [0.2, 0.25) is 0 Å². The van der Waals surface area contributed by atoms with Crippen molar-refractivity contribution >= 4 is 40.5 Å². The lowest BCUT2D eigenvalue weighted by Gasteiger charge is -2.20. The van der Waals surface area contributed by atoms with Gasteiger partial charge in [-0.25, -0.2) is 10.4 Å². The van der Waals surface area contributed by atoms with E-state index in [0.717, 1.165) is 29.9 Å². The number of nitrogens with zero attached hydrogens (tertiary/aromatic N) is 4. The Balaban J connectivity index is 1.47. The fourth-order valence-electron chi connectivity index (χ4n) is 3.83. The fraction of sp³-hybridized carbons (Fsp3) is 0.214. The molecule has 0 aliphatic rings. The van der Waals surface area contributed by atoms with Gasteiger partial charge in [0.25, 0.3) is 11.5 Å². The SMILES string of the molecule is CCN(CC)c1ccc(/C=N/NC(=O)CSc2nc3ccccc3c(=O)n2-c2ccc(C)cc2)cc1. The number of nitrogens with one attached hydrogen (secondary N) is 1. The third-order valence-corrected chi connectivity index (χ3v) is 6.73. The van der Waals surface area contributed by atoms with Crippen LogP contribution in [0.5, 0.6) is 0 Å². The van der Waals surface area contributed by atoms with Crippen molar-refractivity contribution in [3.05, 3.63) is 94.3 Å². The second-order valence-electron chi connectivity index (χ2n) is 8.23. The summed E-state index contributed by atoms with van der Waals surface area (Å²) in [6.07, 6.45) is 1.62. The van der Waals surface area contributed by atoms with Crippen LogP contribution >= 0.6 is 11.8 Å². The first-order chi connectivity index (χ1) is 17.5. The molecule has 0 saturated heterocycles. The highest BCUT2D eigenvalue weighted by molar-refractivity contribution is 7.99. The zero-order valence-corrected chi connectivity index (χ0v) is 21.5. The third-order valence-electron chi connectivity index (χ3n) is 5.79. The molecule has 1 aromatic heterocycles. The molecule has 36 heavy (non-hydrogen) atoms. The van der Waals surface area contributed by atoms with E-state index in [4.69, 9.17) is 0 Å². The minimum atomic E-state index is -0.283. The van der Waals surface area contributed by atoms with Crippen molar-refractivity contribution in [2.75, 3.05) is 23.7 Å². The highest BCUT2D eigenvalue weighted by atomic mass is 32.2. The molecular weight excluding hydrogens is 470 g/mol. The lowest BCUT2D eigenvalue weighted by atomic mass is 10.2. The number of hydrogen-bond donors (Lipinski definition) is 1. The number of thioether (sulfide) groups is 1. The molecule has 1 heterocycles. The number of rotatable bonds is 9. The summed E-state index contributed by atoms with van der Waals surface area (Å²) in [5, 5.41) is 5.07. The van der Waals surface area contributed by atoms with Crippen molar-refractivity contribution in [3.63, 3.8) is 0 Å². The number of anilines is 1. The van der Waals surface area contributed by atoms with Crippen molar-refractivity contribution in [3.8, 4) is 5.69 Å². The molecular formula is C28H29N5O2S. The number of carbonyl (C=O) groups is 1. The van der Waals surface area contributed by atoms with Crippen LogP contribution in [0.15, 0.2) is 87.8 Å². The number of amides is 1. The Hall–Kier alpha value is -3.91. The van der Waals surface area contributed by atoms with E-state index >= 15 is 0 Å². The summed E-state index contributed by atoms with van der Waals surface area (Å²) in [6.45, 7) is 8.13. The maximum absolute atomic E-state index is 13.3. The first kappa shape index (κ1) is 25.2. The van der Waals surface area contributed by atoms with E-state index in [1.807, 2.05) is 67.6 Å². The van der Waals surface area contributed by atoms with Gasteiger partial charge in [-0.05, 0) is 62.7 Å². The Morgan fingerprint density at radius 2 is 1.72 bits per heavy atom. The van der Waals surface area contributed by atoms with Crippen LogP contribution in [0.3, 0.4) is 0 Å². The van der Waals surface area contributed by atoms with Gasteiger partial charge in [-0.15, -0.1) is 0 Å². The maximum atomic E-state index is 13.3. The Bertz CT molecular complexity index is 1430. The van der Waals surface area contributed by atoms with Gasteiger partial charge in [0, 0.05) is 18.8 Å². The summed E-state index contributed by atoms with van der Waals surface area (Å²) in [4.78, 5) is 32.7. The molecule has 1 N–H and O–H groups in total. The number of benzene rings is 3. The van der Waals surface area contributed by atoms with E-state index in [1.165, 1.54) is 11.8 Å². The minimum absolute atomic E-state index is 0.0644. The summed E-state index contributed by atoms with van der Waals surface area (Å²) in [7, 11) is 0. The molecule has 8 heteroatoms. The monoisotopic (exact) mass is 499 g/mol. The van der Waals surface area contributed by atoms with Gasteiger partial charge >= 0.3 is 0 Å². The summed E-state index contributed by atoms with van der Waals surface area (Å²) in [5.41, 5.74) is 6.84. The molecule has 0 spiro atoms. The number of carbonyl (C=O) groups excluding carboxylic acids is 1. The van der Waals surface area contributed by atoms with Crippen LogP contribution in [0.25, 0.3) is 16.6 Å². The van der Waals surface area contributed by atoms with Gasteiger partial charge < -0.3 is 4.90 Å². The molecule has 1 amide bonds. The largest absolute Gasteiger partial charge is 0.372 e. The predicted molar refractivity (Wildman–Crippen MR) is 149 cm³/mol. The van der Waals surface area contributed by atoms with Gasteiger partial charge in [0.05, 0.1) is 28.6 Å². The molecule has 4 rings (SSSR count). The zero-order chi connectivity index (χ0) is 25.5. The van der Waals surface area contributed by atoms with E-state index < -0.39 is 0 Å². The number of fused-ring (bicyclic) bond motifs is 1. The number of hydrogen-bond acceptors (Lipinski definition) is 6. The van der Waals surface area contributed by atoms with E-state index in [-0.39, 0.29) is 17.2 Å². The van der Waals surface area contributed by atoms with Crippen LogP contribution in [-0.2, 0) is 4.79 Å². The highest BCUT2D eigenvalue weighted by Crippen LogP contribution is 2.21. The molecule has 3 aromatic carbocycles. The second kappa shape index (κ2) is 11.7. The summed E-state index contributed by atoms with van der Waals surface area (Å²) in [6, 6.07) is 22.9. The fourth-order valence-corrected chi connectivity index (χ4v) is 4.64. The van der Waals surface area contributed by atoms with Crippen molar-refractivity contribution in [2.24, 2.45) is 5.10 Å². The topological polar surface area (TPSA) is 79.6 Å². The maximum Gasteiger partial charge on any atom is 0.266 e. The normalized spacial score (nSPS) is 11.2. The van der Waals surface area contributed by atoms with Crippen molar-refractivity contribution < 1.29 is 4.79 Å². The lowest BCUT2D eigenvalue weighted by Crippen LogP contribution is -2.24. The first-order valence-electron chi connectivity index (χ1n) is 11.9. The smallest absolute Gasteiger partial charge is 0.266 e. The average Bonchev–Trinajstić information content (AvgIpc) is 2.90. The molecule has 7 nitrogen and oxygen atoms in total. The molecule has 0 saturated carbocycles. The Morgan fingerprint density at radius 3 is 2.42 bits per heavy atom. The van der Waals surface area contributed by atoms with Crippen molar-refractivity contribution in [1.82, 2.24) is 15.0 Å². The summed E-state index contributed by atoms with van der Waals surface area (Å²) in [5.74, 6) is -0.219. The molecule has 4 aromatic rings. The van der Waals surface area contributed by atoms with E-state index in [9.17, 15) is 9.59 Å². The minimum Gasteiger partial charge on any atom is -0.372 e. The summed E-state index contributed by atoms with van der Waals surface area (Å²) >= 11 is 1.20. The van der Waals surface area contributed by atoms with Crippen LogP contribution in [-0.4, -0.2) is 40.5 Å². The molecule has 0 atom stereocenters. The molecule has 184 valence electrons. The van der Waals surface area contributed by atoms with Crippen LogP contribution in [0.2, 0.25) is 0 Å². The lowest BCUT2D eigenvalue weighted by molar-refractivity contribution is -0.118. The molecule has 0 radical (unpaired) electrons. The Kier molecular flexibility index (Phi) is 8.17. The standard InChI is InChI=1S/C28H29N5O2S/c1-4-32(5-2)22-16-12-21(13-17-22)18-29-31-26(34)19-36-28-30-25-9-7-6-8-24(25)27(35)33(28)23-14-10-20(3)11-15-23/h6-18H,4-5,19H2,1-3H3,(H,31,34)/b29-18+. The Labute approximate surface area is 214 Å². The molecule has 0 aliphatic carbocycles. The predicted octanol–water partition coefficient (Wildman–Crippen LogP) is 4.78. The van der Waals surface area contributed by atoms with Crippen LogP contribution in [0.4, 0.5) is 5.69 Å². The van der Waals surface area contributed by atoms with Crippen molar-refractivity contribution in [2.45, 2.75) is 25.9 Å². The molecule has 0 unspecified atom stereocenters. The zero-order valence-electron chi connectivity index (χ0n) is 20.6. The van der Waals surface area contributed by atoms with Gasteiger partial charge in [-0.1, -0.05) is 53.7 Å². The van der Waals surface area contributed by atoms with Gasteiger partial charge in [-0.2, -0.15) is 5.10 Å². The highest BCUT2D eigenvalue weighted by Gasteiger charge is 2.14. The van der Waals surface area contributed by atoms with Gasteiger partial charge in [0.15, 0.2) is 5.16 Å². The van der Waals surface area contributed by atoms with Gasteiger partial charge in [-0.3, -0.25) is 14.2 Å². The third kappa shape index (κ3) is 5.83. The average molecular weight is 500 g/mol. The second-order valence-corrected chi connectivity index (χ2v) is 9.18. The van der Waals surface area contributed by atoms with E-state index in [2.05, 4.69) is 34.3 Å². The molecule has 0 fully saturated rings. The number of para-hydroxylation sites is 1. The van der Waals surface area contributed by atoms with Crippen molar-refractivity contribution in [1.29, 1.82) is 0 Å². The quantitative estimate of drug-likeness (QED) is 0.155. The number of aryl methyl sites for hydroxylation is 1. The molecule has 0 aliphatic heterocycles. The van der Waals surface area contributed by atoms with Crippen LogP contribution in [0.1, 0.15) is 25.0 Å². The Morgan fingerprint density at radius 1 is 1.03 bits per heavy atom. The summed E-state index contributed by atoms with van der Waals surface area (Å²) < 4.78 is 1.56. The van der Waals surface area contributed by atoms with Crippen LogP contribution in [0, 0.1) is 6.92 Å². The van der Waals surface area contributed by atoms with E-state index in [1.54, 1.807) is 22.9 Å². The van der Waals surface area contributed by atoms with Gasteiger partial charge in [0.1, 0.15) is 0 Å². The number of hydrazone groups is 1. The molecule has 0 bridgehead atoms.